The van der Waals surface area contributed by atoms with Gasteiger partial charge in [0.25, 0.3) is 0 Å². The van der Waals surface area contributed by atoms with Gasteiger partial charge in [-0.25, -0.2) is 0 Å². The van der Waals surface area contributed by atoms with Gasteiger partial charge >= 0.3 is 0 Å². The largest absolute Gasteiger partial charge is 0.398 e. The maximum absolute atomic E-state index is 5.94. The van der Waals surface area contributed by atoms with Crippen molar-refractivity contribution in [3.05, 3.63) is 53.1 Å². The topological polar surface area (TPSA) is 69.6 Å². The molecule has 0 bridgehead atoms. The number of benzene rings is 2. The van der Waals surface area contributed by atoms with Gasteiger partial charge in [0.15, 0.2) is 5.82 Å². The molecule has 3 aromatic rings. The summed E-state index contributed by atoms with van der Waals surface area (Å²) in [7, 11) is 0. The van der Waals surface area contributed by atoms with E-state index >= 15 is 0 Å². The molecule has 1 aromatic heterocycles. The predicted octanol–water partition coefficient (Wildman–Crippen LogP) is 2.87. The van der Waals surface area contributed by atoms with Crippen LogP contribution in [0.2, 0.25) is 5.02 Å². The SMILES string of the molecule is Cc1cccc(-n2nnnc2-c2ccc(Cl)c(N)c2)c1. The van der Waals surface area contributed by atoms with Crippen molar-refractivity contribution in [2.24, 2.45) is 0 Å². The summed E-state index contributed by atoms with van der Waals surface area (Å²) in [5.41, 5.74) is 9.19. The smallest absolute Gasteiger partial charge is 0.187 e. The molecular weight excluding hydrogens is 274 g/mol. The summed E-state index contributed by atoms with van der Waals surface area (Å²) in [6, 6.07) is 13.3. The first kappa shape index (κ1) is 12.6. The zero-order valence-electron chi connectivity index (χ0n) is 10.8. The average molecular weight is 286 g/mol. The van der Waals surface area contributed by atoms with E-state index in [0.717, 1.165) is 16.8 Å². The Labute approximate surface area is 121 Å². The quantitative estimate of drug-likeness (QED) is 0.735. The number of rotatable bonds is 2. The van der Waals surface area contributed by atoms with Gasteiger partial charge in [0.05, 0.1) is 16.4 Å². The van der Waals surface area contributed by atoms with Crippen molar-refractivity contribution in [3.63, 3.8) is 0 Å². The fourth-order valence-electron chi connectivity index (χ4n) is 1.98. The summed E-state index contributed by atoms with van der Waals surface area (Å²) in [5, 5.41) is 12.4. The van der Waals surface area contributed by atoms with Crippen LogP contribution in [0.4, 0.5) is 5.69 Å². The van der Waals surface area contributed by atoms with Gasteiger partial charge in [-0.05, 0) is 53.2 Å². The van der Waals surface area contributed by atoms with Gasteiger partial charge < -0.3 is 5.73 Å². The zero-order chi connectivity index (χ0) is 14.1. The number of tetrazole rings is 1. The highest BCUT2D eigenvalue weighted by atomic mass is 35.5. The molecule has 0 saturated heterocycles. The number of nitrogens with zero attached hydrogens (tertiary/aromatic N) is 4. The Morgan fingerprint density at radius 3 is 2.75 bits per heavy atom. The number of anilines is 1. The van der Waals surface area contributed by atoms with E-state index in [1.165, 1.54) is 0 Å². The lowest BCUT2D eigenvalue weighted by atomic mass is 10.2. The van der Waals surface area contributed by atoms with Crippen molar-refractivity contribution >= 4 is 17.3 Å². The predicted molar refractivity (Wildman–Crippen MR) is 78.7 cm³/mol. The summed E-state index contributed by atoms with van der Waals surface area (Å²) >= 11 is 5.94. The molecule has 100 valence electrons. The Bertz CT molecular complexity index is 766. The Morgan fingerprint density at radius 1 is 1.15 bits per heavy atom. The van der Waals surface area contributed by atoms with E-state index in [9.17, 15) is 0 Å². The standard InChI is InChI=1S/C14H12ClN5/c1-9-3-2-4-11(7-9)20-14(17-18-19-20)10-5-6-12(15)13(16)8-10/h2-8H,16H2,1H3. The van der Waals surface area contributed by atoms with E-state index in [1.54, 1.807) is 16.8 Å². The average Bonchev–Trinajstić information content (AvgIpc) is 2.91. The second kappa shape index (κ2) is 4.94. The summed E-state index contributed by atoms with van der Waals surface area (Å²) in [6.45, 7) is 2.02. The summed E-state index contributed by atoms with van der Waals surface area (Å²) in [4.78, 5) is 0. The summed E-state index contributed by atoms with van der Waals surface area (Å²) in [6.07, 6.45) is 0. The molecule has 0 atom stereocenters. The van der Waals surface area contributed by atoms with Crippen molar-refractivity contribution in [2.75, 3.05) is 5.73 Å². The van der Waals surface area contributed by atoms with Crippen LogP contribution in [0.25, 0.3) is 17.1 Å². The molecule has 5 nitrogen and oxygen atoms in total. The van der Waals surface area contributed by atoms with Crippen LogP contribution < -0.4 is 5.73 Å². The summed E-state index contributed by atoms with van der Waals surface area (Å²) in [5.74, 6) is 0.624. The first-order valence-electron chi connectivity index (χ1n) is 6.06. The number of aromatic nitrogens is 4. The number of halogens is 1. The van der Waals surface area contributed by atoms with Gasteiger partial charge in [-0.2, -0.15) is 4.68 Å². The minimum absolute atomic E-state index is 0.503. The zero-order valence-corrected chi connectivity index (χ0v) is 11.5. The van der Waals surface area contributed by atoms with Crippen LogP contribution in [0.3, 0.4) is 0 Å². The van der Waals surface area contributed by atoms with E-state index < -0.39 is 0 Å². The minimum Gasteiger partial charge on any atom is -0.398 e. The van der Waals surface area contributed by atoms with Crippen LogP contribution in [0, 0.1) is 6.92 Å². The van der Waals surface area contributed by atoms with E-state index in [-0.39, 0.29) is 0 Å². The van der Waals surface area contributed by atoms with Crippen LogP contribution in [0.1, 0.15) is 5.56 Å². The Morgan fingerprint density at radius 2 is 2.00 bits per heavy atom. The second-order valence-electron chi connectivity index (χ2n) is 4.49. The van der Waals surface area contributed by atoms with Crippen molar-refractivity contribution in [3.8, 4) is 17.1 Å². The van der Waals surface area contributed by atoms with Gasteiger partial charge in [0.2, 0.25) is 0 Å². The molecule has 3 rings (SSSR count). The van der Waals surface area contributed by atoms with Crippen LogP contribution >= 0.6 is 11.6 Å². The Kier molecular flexibility index (Phi) is 3.12. The molecule has 0 spiro atoms. The molecule has 0 unspecified atom stereocenters. The van der Waals surface area contributed by atoms with Crippen molar-refractivity contribution in [1.29, 1.82) is 0 Å². The van der Waals surface area contributed by atoms with Crippen molar-refractivity contribution < 1.29 is 0 Å². The lowest BCUT2D eigenvalue weighted by molar-refractivity contribution is 0.790. The molecule has 0 aliphatic carbocycles. The fourth-order valence-corrected chi connectivity index (χ4v) is 2.10. The highest BCUT2D eigenvalue weighted by Crippen LogP contribution is 2.26. The lowest BCUT2D eigenvalue weighted by Gasteiger charge is -2.06. The number of nitrogen functional groups attached to an aromatic ring is 1. The normalized spacial score (nSPS) is 10.7. The van der Waals surface area contributed by atoms with Gasteiger partial charge in [-0.1, -0.05) is 23.7 Å². The number of aryl methyl sites for hydroxylation is 1. The van der Waals surface area contributed by atoms with Crippen LogP contribution in [-0.4, -0.2) is 20.2 Å². The molecule has 2 aromatic carbocycles. The lowest BCUT2D eigenvalue weighted by Crippen LogP contribution is -2.00. The molecule has 0 fully saturated rings. The highest BCUT2D eigenvalue weighted by Gasteiger charge is 2.11. The highest BCUT2D eigenvalue weighted by molar-refractivity contribution is 6.33. The van der Waals surface area contributed by atoms with Gasteiger partial charge in [0, 0.05) is 5.56 Å². The van der Waals surface area contributed by atoms with Crippen LogP contribution in [-0.2, 0) is 0 Å². The molecule has 1 heterocycles. The third-order valence-corrected chi connectivity index (χ3v) is 3.31. The molecule has 2 N–H and O–H groups in total. The van der Waals surface area contributed by atoms with E-state index in [1.807, 2.05) is 37.3 Å². The van der Waals surface area contributed by atoms with Crippen molar-refractivity contribution in [2.45, 2.75) is 6.92 Å². The Hall–Kier alpha value is -2.40. The fraction of sp³-hybridized carbons (Fsp3) is 0.0714. The molecule has 20 heavy (non-hydrogen) atoms. The number of hydrogen-bond donors (Lipinski definition) is 1. The first-order valence-corrected chi connectivity index (χ1v) is 6.44. The first-order chi connectivity index (χ1) is 9.65. The maximum Gasteiger partial charge on any atom is 0.187 e. The van der Waals surface area contributed by atoms with E-state index in [2.05, 4.69) is 15.5 Å². The molecule has 0 saturated carbocycles. The summed E-state index contributed by atoms with van der Waals surface area (Å²) < 4.78 is 1.68. The third-order valence-electron chi connectivity index (χ3n) is 2.97. The van der Waals surface area contributed by atoms with Gasteiger partial charge in [-0.3, -0.25) is 0 Å². The molecule has 0 aliphatic heterocycles. The number of hydrogen-bond acceptors (Lipinski definition) is 4. The van der Waals surface area contributed by atoms with Crippen LogP contribution in [0.15, 0.2) is 42.5 Å². The molecular formula is C14H12ClN5. The van der Waals surface area contributed by atoms with E-state index in [0.29, 0.717) is 16.5 Å². The van der Waals surface area contributed by atoms with Gasteiger partial charge in [-0.15, -0.1) is 5.10 Å². The third kappa shape index (κ3) is 2.23. The van der Waals surface area contributed by atoms with Crippen molar-refractivity contribution in [1.82, 2.24) is 20.2 Å². The monoisotopic (exact) mass is 285 g/mol. The van der Waals surface area contributed by atoms with Crippen LogP contribution in [0.5, 0.6) is 0 Å². The molecule has 0 aliphatic rings. The Balaban J connectivity index is 2.12. The maximum atomic E-state index is 5.94. The minimum atomic E-state index is 0.503. The molecule has 0 amide bonds. The second-order valence-corrected chi connectivity index (χ2v) is 4.90. The number of nitrogens with two attached hydrogens (primary N) is 1. The van der Waals surface area contributed by atoms with Gasteiger partial charge in [0.1, 0.15) is 0 Å². The molecule has 6 heteroatoms. The molecule has 0 radical (unpaired) electrons. The van der Waals surface area contributed by atoms with E-state index in [4.69, 9.17) is 17.3 Å².